The Morgan fingerprint density at radius 1 is 1.33 bits per heavy atom. The molecular formula is C16H33IN4. The summed E-state index contributed by atoms with van der Waals surface area (Å²) >= 11 is 0. The number of halogens is 1. The summed E-state index contributed by atoms with van der Waals surface area (Å²) in [6, 6.07) is 0.624. The molecule has 2 N–H and O–H groups in total. The predicted octanol–water partition coefficient (Wildman–Crippen LogP) is 2.69. The van der Waals surface area contributed by atoms with E-state index in [1.54, 1.807) is 0 Å². The van der Waals surface area contributed by atoms with Crippen LogP contribution in [0.5, 0.6) is 0 Å². The van der Waals surface area contributed by atoms with Crippen LogP contribution in [0.15, 0.2) is 4.99 Å². The van der Waals surface area contributed by atoms with Crippen LogP contribution in [0.1, 0.15) is 47.0 Å². The van der Waals surface area contributed by atoms with Crippen LogP contribution in [-0.4, -0.2) is 49.1 Å². The minimum Gasteiger partial charge on any atom is -0.355 e. The fraction of sp³-hybridized carbons (Fsp3) is 0.938. The van der Waals surface area contributed by atoms with Crippen LogP contribution in [0.2, 0.25) is 0 Å². The maximum atomic E-state index is 4.34. The Kier molecular flexibility index (Phi) is 7.24. The van der Waals surface area contributed by atoms with Crippen molar-refractivity contribution in [3.8, 4) is 0 Å². The van der Waals surface area contributed by atoms with E-state index in [9.17, 15) is 0 Å². The molecule has 3 unspecified atom stereocenters. The lowest BCUT2D eigenvalue weighted by Gasteiger charge is -2.43. The molecule has 2 rings (SSSR count). The Morgan fingerprint density at radius 2 is 2.00 bits per heavy atom. The van der Waals surface area contributed by atoms with Crippen LogP contribution in [0.3, 0.4) is 0 Å². The molecule has 0 bridgehead atoms. The van der Waals surface area contributed by atoms with Gasteiger partial charge < -0.3 is 10.6 Å². The van der Waals surface area contributed by atoms with E-state index in [4.69, 9.17) is 0 Å². The average Bonchev–Trinajstić information content (AvgIpc) is 3.10. The maximum Gasteiger partial charge on any atom is 0.191 e. The number of piperidine rings is 1. The van der Waals surface area contributed by atoms with Crippen molar-refractivity contribution >= 4 is 29.9 Å². The second kappa shape index (κ2) is 7.99. The van der Waals surface area contributed by atoms with Crippen molar-refractivity contribution in [2.24, 2.45) is 16.8 Å². The molecule has 2 fully saturated rings. The molecule has 1 aliphatic heterocycles. The molecular weight excluding hydrogens is 375 g/mol. The number of hydrogen-bond donors (Lipinski definition) is 2. The highest BCUT2D eigenvalue weighted by atomic mass is 127. The summed E-state index contributed by atoms with van der Waals surface area (Å²) in [6.07, 6.45) is 3.98. The van der Waals surface area contributed by atoms with Crippen molar-refractivity contribution in [1.82, 2.24) is 15.5 Å². The van der Waals surface area contributed by atoms with E-state index in [1.807, 2.05) is 7.05 Å². The van der Waals surface area contributed by atoms with E-state index in [2.05, 4.69) is 48.2 Å². The SMILES string of the molecule is CN=C(NCC(C)(C)N1CCCC(C)C1)NC1CC1C.I. The molecule has 4 nitrogen and oxygen atoms in total. The van der Waals surface area contributed by atoms with Crippen molar-refractivity contribution in [1.29, 1.82) is 0 Å². The number of aliphatic imine (C=N–C) groups is 1. The molecule has 5 heteroatoms. The van der Waals surface area contributed by atoms with Gasteiger partial charge in [0.1, 0.15) is 0 Å². The summed E-state index contributed by atoms with van der Waals surface area (Å²) < 4.78 is 0. The van der Waals surface area contributed by atoms with Gasteiger partial charge in [0.25, 0.3) is 0 Å². The van der Waals surface area contributed by atoms with E-state index < -0.39 is 0 Å². The summed E-state index contributed by atoms with van der Waals surface area (Å²) in [7, 11) is 1.86. The molecule has 0 aromatic rings. The van der Waals surface area contributed by atoms with Gasteiger partial charge in [0.2, 0.25) is 0 Å². The first-order valence-corrected chi connectivity index (χ1v) is 8.14. The highest BCUT2D eigenvalue weighted by molar-refractivity contribution is 14.0. The van der Waals surface area contributed by atoms with E-state index in [1.165, 1.54) is 32.4 Å². The smallest absolute Gasteiger partial charge is 0.191 e. The molecule has 1 aliphatic carbocycles. The Balaban J connectivity index is 0.00000220. The predicted molar refractivity (Wildman–Crippen MR) is 102 cm³/mol. The van der Waals surface area contributed by atoms with Crippen molar-refractivity contribution in [2.75, 3.05) is 26.7 Å². The quantitative estimate of drug-likeness (QED) is 0.427. The van der Waals surface area contributed by atoms with Crippen LogP contribution in [-0.2, 0) is 0 Å². The first-order chi connectivity index (χ1) is 9.42. The van der Waals surface area contributed by atoms with Crippen LogP contribution in [0.4, 0.5) is 0 Å². The second-order valence-electron chi connectivity index (χ2n) is 7.40. The van der Waals surface area contributed by atoms with Gasteiger partial charge in [-0.2, -0.15) is 0 Å². The highest BCUT2D eigenvalue weighted by Crippen LogP contribution is 2.28. The third-order valence-corrected chi connectivity index (χ3v) is 4.86. The van der Waals surface area contributed by atoms with Crippen molar-refractivity contribution in [3.63, 3.8) is 0 Å². The highest BCUT2D eigenvalue weighted by Gasteiger charge is 2.34. The zero-order chi connectivity index (χ0) is 14.8. The van der Waals surface area contributed by atoms with Gasteiger partial charge in [-0.25, -0.2) is 0 Å². The molecule has 0 aromatic heterocycles. The summed E-state index contributed by atoms with van der Waals surface area (Å²) in [5, 5.41) is 7.01. The molecule has 0 spiro atoms. The summed E-state index contributed by atoms with van der Waals surface area (Å²) in [5.74, 6) is 2.58. The Bertz CT molecular complexity index is 356. The second-order valence-corrected chi connectivity index (χ2v) is 7.40. The number of likely N-dealkylation sites (tertiary alicyclic amines) is 1. The number of nitrogens with one attached hydrogen (secondary N) is 2. The lowest BCUT2D eigenvalue weighted by Crippen LogP contribution is -2.56. The van der Waals surface area contributed by atoms with E-state index >= 15 is 0 Å². The fourth-order valence-electron chi connectivity index (χ4n) is 3.04. The zero-order valence-corrected chi connectivity index (χ0v) is 16.6. The molecule has 2 aliphatic rings. The minimum absolute atomic E-state index is 0. The van der Waals surface area contributed by atoms with Crippen LogP contribution < -0.4 is 10.6 Å². The summed E-state index contributed by atoms with van der Waals surface area (Å²) in [6.45, 7) is 12.7. The number of guanidine groups is 1. The normalized spacial score (nSPS) is 30.5. The fourth-order valence-corrected chi connectivity index (χ4v) is 3.04. The molecule has 1 saturated heterocycles. The number of nitrogens with zero attached hydrogens (tertiary/aromatic N) is 2. The lowest BCUT2D eigenvalue weighted by atomic mass is 9.93. The van der Waals surface area contributed by atoms with Gasteiger partial charge in [-0.15, -0.1) is 24.0 Å². The van der Waals surface area contributed by atoms with E-state index in [-0.39, 0.29) is 29.5 Å². The van der Waals surface area contributed by atoms with Gasteiger partial charge >= 0.3 is 0 Å². The minimum atomic E-state index is 0. The zero-order valence-electron chi connectivity index (χ0n) is 14.3. The van der Waals surface area contributed by atoms with Gasteiger partial charge in [0.05, 0.1) is 0 Å². The molecule has 0 radical (unpaired) electrons. The molecule has 124 valence electrons. The van der Waals surface area contributed by atoms with Gasteiger partial charge in [-0.1, -0.05) is 13.8 Å². The molecule has 0 aromatic carbocycles. The molecule has 0 amide bonds. The summed E-state index contributed by atoms with van der Waals surface area (Å²) in [5.41, 5.74) is 0.182. The standard InChI is InChI=1S/C16H32N4.HI/c1-12-7-6-8-20(10-12)16(3,4)11-18-15(17-5)19-14-9-13(14)2;/h12-14H,6-11H2,1-5H3,(H2,17,18,19);1H. The molecule has 1 heterocycles. The number of hydrogen-bond acceptors (Lipinski definition) is 2. The van der Waals surface area contributed by atoms with Crippen molar-refractivity contribution < 1.29 is 0 Å². The van der Waals surface area contributed by atoms with Gasteiger partial charge in [-0.3, -0.25) is 9.89 Å². The number of rotatable bonds is 4. The molecule has 1 saturated carbocycles. The maximum absolute atomic E-state index is 4.34. The largest absolute Gasteiger partial charge is 0.355 e. The van der Waals surface area contributed by atoms with Crippen LogP contribution in [0, 0.1) is 11.8 Å². The van der Waals surface area contributed by atoms with E-state index in [0.717, 1.165) is 24.3 Å². The van der Waals surface area contributed by atoms with Crippen molar-refractivity contribution in [3.05, 3.63) is 0 Å². The first-order valence-electron chi connectivity index (χ1n) is 8.14. The van der Waals surface area contributed by atoms with Crippen LogP contribution in [0.25, 0.3) is 0 Å². The average molecular weight is 408 g/mol. The van der Waals surface area contributed by atoms with Gasteiger partial charge in [0, 0.05) is 31.7 Å². The van der Waals surface area contributed by atoms with Gasteiger partial charge in [-0.05, 0) is 51.5 Å². The molecule has 3 atom stereocenters. The Morgan fingerprint density at radius 3 is 2.52 bits per heavy atom. The third-order valence-electron chi connectivity index (χ3n) is 4.86. The Labute approximate surface area is 147 Å². The Hall–Kier alpha value is -0.0400. The van der Waals surface area contributed by atoms with E-state index in [0.29, 0.717) is 6.04 Å². The third kappa shape index (κ3) is 5.58. The monoisotopic (exact) mass is 408 g/mol. The van der Waals surface area contributed by atoms with Crippen molar-refractivity contribution in [2.45, 2.75) is 58.5 Å². The summed E-state index contributed by atoms with van der Waals surface area (Å²) in [4.78, 5) is 6.97. The topological polar surface area (TPSA) is 39.7 Å². The van der Waals surface area contributed by atoms with Gasteiger partial charge in [0.15, 0.2) is 5.96 Å². The molecule has 21 heavy (non-hydrogen) atoms. The first kappa shape index (κ1) is 19.0. The van der Waals surface area contributed by atoms with Crippen LogP contribution >= 0.6 is 24.0 Å². The lowest BCUT2D eigenvalue weighted by molar-refractivity contribution is 0.0739.